The predicted octanol–water partition coefficient (Wildman–Crippen LogP) is 2.75. The number of methoxy groups -OCH3 is 1. The molecule has 2 aliphatic rings. The first-order valence-electron chi connectivity index (χ1n) is 8.62. The number of fused-ring (bicyclic) bond motifs is 2. The van der Waals surface area contributed by atoms with Crippen molar-refractivity contribution in [3.05, 3.63) is 24.3 Å². The maximum absolute atomic E-state index is 10.7. The molecule has 6 atom stereocenters. The standard InChI is InChI=1S/C19H30O4Si/c1-14-16-10-6-7-11-17(23-16)18(14)19(22-13-21-2)15(20)9-8-12-24(3,4)5/h6-7,10-11,14-20H,9,13H2,1-5H3/t14-,15+,16-,17+,18-,19-/m1/s1. The number of rotatable bonds is 6. The molecular weight excluding hydrogens is 320 g/mol. The molecule has 2 bridgehead atoms. The fourth-order valence-electron chi connectivity index (χ4n) is 3.30. The van der Waals surface area contributed by atoms with E-state index in [1.165, 1.54) is 0 Å². The van der Waals surface area contributed by atoms with Crippen LogP contribution in [0.25, 0.3) is 0 Å². The molecule has 0 aliphatic carbocycles. The molecule has 134 valence electrons. The Morgan fingerprint density at radius 2 is 1.88 bits per heavy atom. The van der Waals surface area contributed by atoms with Gasteiger partial charge in [0.1, 0.15) is 14.9 Å². The maximum atomic E-state index is 10.7. The lowest BCUT2D eigenvalue weighted by molar-refractivity contribution is -0.140. The highest BCUT2D eigenvalue weighted by atomic mass is 28.3. The average molecular weight is 351 g/mol. The van der Waals surface area contributed by atoms with Crippen LogP contribution in [0.2, 0.25) is 19.6 Å². The molecule has 2 heterocycles. The first-order valence-corrected chi connectivity index (χ1v) is 12.1. The molecule has 5 heteroatoms. The lowest BCUT2D eigenvalue weighted by Crippen LogP contribution is -2.42. The van der Waals surface area contributed by atoms with Crippen molar-refractivity contribution in [3.8, 4) is 11.5 Å². The van der Waals surface area contributed by atoms with Gasteiger partial charge in [0.25, 0.3) is 0 Å². The minimum Gasteiger partial charge on any atom is -0.389 e. The molecule has 2 rings (SSSR count). The van der Waals surface area contributed by atoms with Crippen molar-refractivity contribution in [1.29, 1.82) is 0 Å². The van der Waals surface area contributed by atoms with E-state index < -0.39 is 14.2 Å². The van der Waals surface area contributed by atoms with Crippen molar-refractivity contribution in [2.24, 2.45) is 11.8 Å². The Morgan fingerprint density at radius 3 is 2.50 bits per heavy atom. The van der Waals surface area contributed by atoms with Crippen molar-refractivity contribution in [2.75, 3.05) is 13.9 Å². The summed E-state index contributed by atoms with van der Waals surface area (Å²) in [6, 6.07) is 0. The fourth-order valence-corrected chi connectivity index (χ4v) is 3.94. The summed E-state index contributed by atoms with van der Waals surface area (Å²) in [5.41, 5.74) is 3.31. The molecule has 1 fully saturated rings. The van der Waals surface area contributed by atoms with Gasteiger partial charge in [-0.25, -0.2) is 0 Å². The zero-order valence-electron chi connectivity index (χ0n) is 15.4. The van der Waals surface area contributed by atoms with Gasteiger partial charge in [0, 0.05) is 19.4 Å². The zero-order valence-corrected chi connectivity index (χ0v) is 16.4. The Labute approximate surface area is 146 Å². The van der Waals surface area contributed by atoms with Crippen LogP contribution in [0.5, 0.6) is 0 Å². The lowest BCUT2D eigenvalue weighted by atomic mass is 9.80. The van der Waals surface area contributed by atoms with Gasteiger partial charge in [-0.3, -0.25) is 0 Å². The van der Waals surface area contributed by atoms with Crippen LogP contribution in [0.15, 0.2) is 24.3 Å². The Hall–Kier alpha value is -0.903. The third-order valence-corrected chi connectivity index (χ3v) is 5.37. The molecule has 0 aromatic heterocycles. The monoisotopic (exact) mass is 350 g/mol. The van der Waals surface area contributed by atoms with Gasteiger partial charge in [-0.2, -0.15) is 0 Å². The number of aliphatic hydroxyl groups excluding tert-OH is 1. The molecule has 0 unspecified atom stereocenters. The van der Waals surface area contributed by atoms with E-state index in [0.717, 1.165) is 0 Å². The van der Waals surface area contributed by atoms with Crippen molar-refractivity contribution < 1.29 is 19.3 Å². The van der Waals surface area contributed by atoms with Gasteiger partial charge in [-0.1, -0.05) is 50.9 Å². The molecule has 0 amide bonds. The quantitative estimate of drug-likeness (QED) is 0.455. The van der Waals surface area contributed by atoms with Crippen molar-refractivity contribution >= 4 is 8.07 Å². The SMILES string of the molecule is COCO[C@@H]([C@@H]1[C@H](C)[C@H]2C=CC=C[C@@H]1O2)[C@@H](O)CC#C[Si](C)(C)C. The molecule has 0 radical (unpaired) electrons. The topological polar surface area (TPSA) is 47.9 Å². The van der Waals surface area contributed by atoms with Gasteiger partial charge in [-0.15, -0.1) is 11.5 Å². The molecule has 1 N–H and O–H groups in total. The van der Waals surface area contributed by atoms with E-state index in [9.17, 15) is 5.11 Å². The number of hydrogen-bond donors (Lipinski definition) is 1. The van der Waals surface area contributed by atoms with Crippen molar-refractivity contribution in [1.82, 2.24) is 0 Å². The second-order valence-electron chi connectivity index (χ2n) is 7.63. The molecule has 0 spiro atoms. The minimum atomic E-state index is -1.44. The highest BCUT2D eigenvalue weighted by Crippen LogP contribution is 2.39. The van der Waals surface area contributed by atoms with Gasteiger partial charge in [0.05, 0.1) is 24.4 Å². The molecule has 0 aromatic rings. The third-order valence-electron chi connectivity index (χ3n) is 4.44. The Kier molecular flexibility index (Phi) is 6.85. The van der Waals surface area contributed by atoms with E-state index in [0.29, 0.717) is 6.42 Å². The number of hydrogen-bond acceptors (Lipinski definition) is 4. The van der Waals surface area contributed by atoms with E-state index in [4.69, 9.17) is 14.2 Å². The largest absolute Gasteiger partial charge is 0.389 e. The van der Waals surface area contributed by atoms with E-state index >= 15 is 0 Å². The smallest absolute Gasteiger partial charge is 0.146 e. The van der Waals surface area contributed by atoms with Gasteiger partial charge in [0.15, 0.2) is 0 Å². The minimum absolute atomic E-state index is 0.0542. The summed E-state index contributed by atoms with van der Waals surface area (Å²) in [7, 11) is 0.152. The maximum Gasteiger partial charge on any atom is 0.146 e. The number of aliphatic hydroxyl groups is 1. The fraction of sp³-hybridized carbons (Fsp3) is 0.684. The van der Waals surface area contributed by atoms with Crippen LogP contribution in [0.4, 0.5) is 0 Å². The summed E-state index contributed by atoms with van der Waals surface area (Å²) in [5.74, 6) is 3.50. The lowest BCUT2D eigenvalue weighted by Gasteiger charge is -2.32. The second-order valence-corrected chi connectivity index (χ2v) is 12.4. The zero-order chi connectivity index (χ0) is 17.7. The van der Waals surface area contributed by atoms with E-state index in [1.807, 2.05) is 18.2 Å². The Morgan fingerprint density at radius 1 is 1.21 bits per heavy atom. The Balaban J connectivity index is 2.13. The van der Waals surface area contributed by atoms with Crippen LogP contribution in [0.3, 0.4) is 0 Å². The van der Waals surface area contributed by atoms with E-state index in [2.05, 4.69) is 44.1 Å². The summed E-state index contributed by atoms with van der Waals surface area (Å²) in [4.78, 5) is 0. The molecule has 4 nitrogen and oxygen atoms in total. The molecule has 0 aromatic carbocycles. The number of ether oxygens (including phenoxy) is 3. The third kappa shape index (κ3) is 5.04. The van der Waals surface area contributed by atoms with Crippen LogP contribution in [0, 0.1) is 23.3 Å². The predicted molar refractivity (Wildman–Crippen MR) is 98.1 cm³/mol. The van der Waals surface area contributed by atoms with E-state index in [1.54, 1.807) is 7.11 Å². The van der Waals surface area contributed by atoms with Crippen LogP contribution >= 0.6 is 0 Å². The van der Waals surface area contributed by atoms with Crippen molar-refractivity contribution in [2.45, 2.75) is 57.4 Å². The van der Waals surface area contributed by atoms with Gasteiger partial charge >= 0.3 is 0 Å². The van der Waals surface area contributed by atoms with Crippen molar-refractivity contribution in [3.63, 3.8) is 0 Å². The van der Waals surface area contributed by atoms with Crippen LogP contribution in [-0.4, -0.2) is 51.5 Å². The Bertz CT molecular complexity index is 526. The summed E-state index contributed by atoms with van der Waals surface area (Å²) in [5, 5.41) is 10.7. The molecular formula is C19H30O4Si. The van der Waals surface area contributed by atoms with Crippen LogP contribution < -0.4 is 0 Å². The molecule has 1 saturated heterocycles. The van der Waals surface area contributed by atoms with Crippen LogP contribution in [-0.2, 0) is 14.2 Å². The second kappa shape index (κ2) is 8.46. The van der Waals surface area contributed by atoms with Crippen LogP contribution in [0.1, 0.15) is 13.3 Å². The highest BCUT2D eigenvalue weighted by Gasteiger charge is 2.46. The molecule has 0 saturated carbocycles. The van der Waals surface area contributed by atoms with Gasteiger partial charge in [0.2, 0.25) is 0 Å². The summed E-state index contributed by atoms with van der Waals surface area (Å²) < 4.78 is 17.0. The van der Waals surface area contributed by atoms with Gasteiger partial charge in [-0.05, 0) is 5.92 Å². The average Bonchev–Trinajstić information content (AvgIpc) is 2.67. The van der Waals surface area contributed by atoms with Gasteiger partial charge < -0.3 is 19.3 Å². The van der Waals surface area contributed by atoms with E-state index in [-0.39, 0.29) is 36.9 Å². The first-order chi connectivity index (χ1) is 11.3. The summed E-state index contributed by atoms with van der Waals surface area (Å²) >= 11 is 0. The molecule has 24 heavy (non-hydrogen) atoms. The summed E-state index contributed by atoms with van der Waals surface area (Å²) in [6.07, 6.45) is 7.57. The molecule has 2 aliphatic heterocycles. The summed E-state index contributed by atoms with van der Waals surface area (Å²) in [6.45, 7) is 8.90. The number of allylic oxidation sites excluding steroid dienone is 2. The highest BCUT2D eigenvalue weighted by molar-refractivity contribution is 6.83. The normalized spacial score (nSPS) is 31.2. The first kappa shape index (κ1) is 19.4.